The molecular weight excluding hydrogens is 236 g/mol. The third-order valence-corrected chi connectivity index (χ3v) is 4.30. The van der Waals surface area contributed by atoms with Crippen LogP contribution in [0.5, 0.6) is 0 Å². The number of aryl methyl sites for hydroxylation is 2. The minimum atomic E-state index is 0.994. The lowest BCUT2D eigenvalue weighted by molar-refractivity contribution is 0.242. The van der Waals surface area contributed by atoms with Gasteiger partial charge in [-0.2, -0.15) is 0 Å². The third kappa shape index (κ3) is 3.12. The van der Waals surface area contributed by atoms with Gasteiger partial charge in [0.1, 0.15) is 5.82 Å². The van der Waals surface area contributed by atoms with Gasteiger partial charge in [-0.3, -0.25) is 0 Å². The second-order valence-corrected chi connectivity index (χ2v) is 5.70. The quantitative estimate of drug-likeness (QED) is 0.884. The van der Waals surface area contributed by atoms with Crippen LogP contribution in [0.1, 0.15) is 35.6 Å². The molecule has 2 aliphatic rings. The highest BCUT2D eigenvalue weighted by molar-refractivity contribution is 5.27. The largest absolute Gasteiger partial charge is 0.314 e. The van der Waals surface area contributed by atoms with Gasteiger partial charge in [0.05, 0.1) is 0 Å². The molecule has 0 aromatic carbocycles. The van der Waals surface area contributed by atoms with Crippen LogP contribution in [0.15, 0.2) is 0 Å². The molecule has 0 atom stereocenters. The highest BCUT2D eigenvalue weighted by Crippen LogP contribution is 2.21. The predicted octanol–water partition coefficient (Wildman–Crippen LogP) is 1.11. The number of fused-ring (bicyclic) bond motifs is 1. The minimum Gasteiger partial charge on any atom is -0.314 e. The van der Waals surface area contributed by atoms with Crippen LogP contribution in [0.4, 0.5) is 0 Å². The van der Waals surface area contributed by atoms with Gasteiger partial charge < -0.3 is 10.2 Å². The van der Waals surface area contributed by atoms with E-state index < -0.39 is 0 Å². The number of aromatic nitrogens is 2. The van der Waals surface area contributed by atoms with Crippen LogP contribution in [0.25, 0.3) is 0 Å². The maximum atomic E-state index is 4.81. The van der Waals surface area contributed by atoms with E-state index >= 15 is 0 Å². The van der Waals surface area contributed by atoms with Gasteiger partial charge in [0.2, 0.25) is 0 Å². The van der Waals surface area contributed by atoms with Crippen LogP contribution < -0.4 is 5.32 Å². The summed E-state index contributed by atoms with van der Waals surface area (Å²) in [4.78, 5) is 12.0. The summed E-state index contributed by atoms with van der Waals surface area (Å²) < 4.78 is 0. The molecule has 104 valence electrons. The Balaban J connectivity index is 1.65. The van der Waals surface area contributed by atoms with Gasteiger partial charge in [-0.25, -0.2) is 9.97 Å². The van der Waals surface area contributed by atoms with E-state index in [0.717, 1.165) is 51.4 Å². The van der Waals surface area contributed by atoms with Crippen LogP contribution in [0, 0.1) is 6.92 Å². The molecule has 1 aromatic rings. The fraction of sp³-hybridized carbons (Fsp3) is 0.733. The normalized spacial score (nSPS) is 20.3. The van der Waals surface area contributed by atoms with E-state index in [9.17, 15) is 0 Å². The molecule has 2 heterocycles. The molecule has 1 aliphatic heterocycles. The molecule has 4 heteroatoms. The summed E-state index contributed by atoms with van der Waals surface area (Å²) in [6.07, 6.45) is 5.92. The molecule has 1 aliphatic carbocycles. The van der Waals surface area contributed by atoms with E-state index in [1.807, 2.05) is 0 Å². The Labute approximate surface area is 115 Å². The molecule has 1 saturated heterocycles. The maximum absolute atomic E-state index is 4.81. The summed E-state index contributed by atoms with van der Waals surface area (Å²) in [7, 11) is 0. The first-order valence-corrected chi connectivity index (χ1v) is 7.61. The highest BCUT2D eigenvalue weighted by Gasteiger charge is 2.16. The third-order valence-electron chi connectivity index (χ3n) is 4.30. The summed E-state index contributed by atoms with van der Waals surface area (Å²) >= 11 is 0. The SMILES string of the molecule is Cc1nc(CCN2CCNCC2)nc2c1CCCC2. The van der Waals surface area contributed by atoms with Crippen molar-refractivity contribution in [1.82, 2.24) is 20.2 Å². The lowest BCUT2D eigenvalue weighted by Crippen LogP contribution is -2.44. The Hall–Kier alpha value is -1.00. The molecule has 0 saturated carbocycles. The lowest BCUT2D eigenvalue weighted by atomic mass is 9.95. The van der Waals surface area contributed by atoms with Crippen molar-refractivity contribution in [3.8, 4) is 0 Å². The first-order valence-electron chi connectivity index (χ1n) is 7.61. The van der Waals surface area contributed by atoms with Crippen molar-refractivity contribution < 1.29 is 0 Å². The van der Waals surface area contributed by atoms with Crippen LogP contribution in [-0.4, -0.2) is 47.6 Å². The van der Waals surface area contributed by atoms with E-state index in [2.05, 4.69) is 17.1 Å². The number of hydrogen-bond donors (Lipinski definition) is 1. The Morgan fingerprint density at radius 2 is 1.89 bits per heavy atom. The van der Waals surface area contributed by atoms with Crippen LogP contribution >= 0.6 is 0 Å². The molecule has 0 unspecified atom stereocenters. The fourth-order valence-electron chi connectivity index (χ4n) is 3.15. The van der Waals surface area contributed by atoms with Gasteiger partial charge in [0.15, 0.2) is 0 Å². The number of nitrogens with zero attached hydrogens (tertiary/aromatic N) is 3. The van der Waals surface area contributed by atoms with E-state index in [0.29, 0.717) is 0 Å². The van der Waals surface area contributed by atoms with Gasteiger partial charge in [-0.05, 0) is 38.2 Å². The number of nitrogens with one attached hydrogen (secondary N) is 1. The standard InChI is InChI=1S/C15H24N4/c1-12-13-4-2-3-5-14(13)18-15(17-12)6-9-19-10-7-16-8-11-19/h16H,2-11H2,1H3. The van der Waals surface area contributed by atoms with Crippen molar-refractivity contribution in [2.45, 2.75) is 39.0 Å². The van der Waals surface area contributed by atoms with Gasteiger partial charge in [-0.15, -0.1) is 0 Å². The number of rotatable bonds is 3. The molecule has 1 aromatic heterocycles. The molecule has 0 spiro atoms. The Kier molecular flexibility index (Phi) is 4.09. The molecule has 19 heavy (non-hydrogen) atoms. The minimum absolute atomic E-state index is 0.994. The van der Waals surface area contributed by atoms with E-state index in [-0.39, 0.29) is 0 Å². The smallest absolute Gasteiger partial charge is 0.130 e. The lowest BCUT2D eigenvalue weighted by Gasteiger charge is -2.27. The van der Waals surface area contributed by atoms with Crippen molar-refractivity contribution in [3.63, 3.8) is 0 Å². The monoisotopic (exact) mass is 260 g/mol. The zero-order chi connectivity index (χ0) is 13.1. The molecule has 0 amide bonds. The van der Waals surface area contributed by atoms with Crippen molar-refractivity contribution in [2.24, 2.45) is 0 Å². The summed E-state index contributed by atoms with van der Waals surface area (Å²) in [5.74, 6) is 1.05. The van der Waals surface area contributed by atoms with E-state index in [4.69, 9.17) is 9.97 Å². The number of hydrogen-bond acceptors (Lipinski definition) is 4. The molecule has 4 nitrogen and oxygen atoms in total. The fourth-order valence-corrected chi connectivity index (χ4v) is 3.15. The van der Waals surface area contributed by atoms with E-state index in [1.165, 1.54) is 36.2 Å². The van der Waals surface area contributed by atoms with Crippen LogP contribution in [0.2, 0.25) is 0 Å². The summed E-state index contributed by atoms with van der Waals surface area (Å²) in [5.41, 5.74) is 3.98. The maximum Gasteiger partial charge on any atom is 0.130 e. The summed E-state index contributed by atoms with van der Waals surface area (Å²) in [6.45, 7) is 7.79. The van der Waals surface area contributed by atoms with Crippen molar-refractivity contribution in [2.75, 3.05) is 32.7 Å². The van der Waals surface area contributed by atoms with Crippen molar-refractivity contribution in [1.29, 1.82) is 0 Å². The Bertz CT molecular complexity index is 438. The average molecular weight is 260 g/mol. The zero-order valence-electron chi connectivity index (χ0n) is 11.9. The topological polar surface area (TPSA) is 41.1 Å². The molecule has 3 rings (SSSR count). The van der Waals surface area contributed by atoms with E-state index in [1.54, 1.807) is 0 Å². The average Bonchev–Trinajstić information content (AvgIpc) is 2.46. The van der Waals surface area contributed by atoms with Gasteiger partial charge in [-0.1, -0.05) is 0 Å². The first-order chi connectivity index (χ1) is 9.33. The molecule has 1 fully saturated rings. The van der Waals surface area contributed by atoms with Crippen molar-refractivity contribution in [3.05, 3.63) is 22.8 Å². The predicted molar refractivity (Wildman–Crippen MR) is 76.4 cm³/mol. The van der Waals surface area contributed by atoms with Crippen LogP contribution in [-0.2, 0) is 19.3 Å². The highest BCUT2D eigenvalue weighted by atomic mass is 15.2. The number of piperazine rings is 1. The second-order valence-electron chi connectivity index (χ2n) is 5.70. The Morgan fingerprint density at radius 3 is 2.74 bits per heavy atom. The first kappa shape index (κ1) is 13.0. The van der Waals surface area contributed by atoms with Gasteiger partial charge >= 0.3 is 0 Å². The van der Waals surface area contributed by atoms with Gasteiger partial charge in [0, 0.05) is 50.5 Å². The molecule has 0 bridgehead atoms. The summed E-state index contributed by atoms with van der Waals surface area (Å²) in [5, 5.41) is 3.39. The second kappa shape index (κ2) is 5.97. The van der Waals surface area contributed by atoms with Crippen LogP contribution in [0.3, 0.4) is 0 Å². The molecule has 0 radical (unpaired) electrons. The summed E-state index contributed by atoms with van der Waals surface area (Å²) in [6, 6.07) is 0. The Morgan fingerprint density at radius 1 is 1.11 bits per heavy atom. The van der Waals surface area contributed by atoms with Gasteiger partial charge in [0.25, 0.3) is 0 Å². The van der Waals surface area contributed by atoms with Crippen molar-refractivity contribution >= 4 is 0 Å². The zero-order valence-corrected chi connectivity index (χ0v) is 11.9. The molecular formula is C15H24N4. The molecule has 1 N–H and O–H groups in total.